The Kier molecular flexibility index (Phi) is 7.38. The Hall–Kier alpha value is -3.10. The van der Waals surface area contributed by atoms with E-state index < -0.39 is 18.1 Å². The maximum atomic E-state index is 13.1. The van der Waals surface area contributed by atoms with Gasteiger partial charge in [0, 0.05) is 20.3 Å². The minimum Gasteiger partial charge on any atom is -0.466 e. The van der Waals surface area contributed by atoms with Crippen LogP contribution >= 0.6 is 31.9 Å². The smallest absolute Gasteiger partial charge is 0.355 e. The monoisotopic (exact) mass is 584 g/mol. The fourth-order valence-electron chi connectivity index (χ4n) is 4.03. The minimum atomic E-state index is -0.611. The Morgan fingerprint density at radius 3 is 1.82 bits per heavy atom. The number of nitrogens with zero attached hydrogens (tertiary/aromatic N) is 2. The molecule has 34 heavy (non-hydrogen) atoms. The van der Waals surface area contributed by atoms with Crippen LogP contribution in [0.5, 0.6) is 0 Å². The van der Waals surface area contributed by atoms with Crippen LogP contribution in [0, 0.1) is 0 Å². The molecule has 0 aliphatic carbocycles. The summed E-state index contributed by atoms with van der Waals surface area (Å²) in [4.78, 5) is 30.0. The van der Waals surface area contributed by atoms with Crippen molar-refractivity contribution in [1.29, 1.82) is 0 Å². The molecule has 174 valence electrons. The van der Waals surface area contributed by atoms with Gasteiger partial charge in [-0.3, -0.25) is 0 Å². The van der Waals surface area contributed by atoms with Gasteiger partial charge in [0.1, 0.15) is 11.9 Å². The molecule has 0 fully saturated rings. The Morgan fingerprint density at radius 2 is 1.29 bits per heavy atom. The fourth-order valence-corrected chi connectivity index (χ4v) is 4.56. The second-order valence-corrected chi connectivity index (χ2v) is 9.38. The summed E-state index contributed by atoms with van der Waals surface area (Å²) in [6.07, 6.45) is -0.439. The highest BCUT2D eigenvalue weighted by Gasteiger charge is 2.42. The molecular formula is C26H22Br2N2O4. The van der Waals surface area contributed by atoms with E-state index in [1.54, 1.807) is 0 Å². The van der Waals surface area contributed by atoms with Crippen molar-refractivity contribution in [2.24, 2.45) is 0 Å². The quantitative estimate of drug-likeness (QED) is 0.351. The molecule has 0 unspecified atom stereocenters. The van der Waals surface area contributed by atoms with E-state index in [1.807, 2.05) is 83.8 Å². The van der Waals surface area contributed by atoms with Crippen molar-refractivity contribution >= 4 is 55.2 Å². The molecule has 0 saturated heterocycles. The number of benzene rings is 3. The highest BCUT2D eigenvalue weighted by atomic mass is 79.9. The number of rotatable bonds is 5. The summed E-state index contributed by atoms with van der Waals surface area (Å²) in [6, 6.07) is 25.2. The first-order chi connectivity index (χ1) is 16.4. The third-order valence-corrected chi connectivity index (χ3v) is 6.62. The molecule has 1 aliphatic heterocycles. The van der Waals surface area contributed by atoms with Crippen LogP contribution in [-0.4, -0.2) is 32.7 Å². The second kappa shape index (κ2) is 10.4. The van der Waals surface area contributed by atoms with Gasteiger partial charge in [0.15, 0.2) is 0 Å². The lowest BCUT2D eigenvalue weighted by Gasteiger charge is -2.47. The summed E-state index contributed by atoms with van der Waals surface area (Å²) in [7, 11) is 2.62. The molecule has 0 bridgehead atoms. The van der Waals surface area contributed by atoms with Gasteiger partial charge in [0.2, 0.25) is 0 Å². The highest BCUT2D eigenvalue weighted by molar-refractivity contribution is 9.10. The third kappa shape index (κ3) is 4.74. The molecule has 0 aromatic heterocycles. The zero-order valence-electron chi connectivity index (χ0n) is 18.6. The van der Waals surface area contributed by atoms with E-state index in [-0.39, 0.29) is 17.8 Å². The second-order valence-electron chi connectivity index (χ2n) is 7.55. The van der Waals surface area contributed by atoms with Gasteiger partial charge in [-0.15, -0.1) is 0 Å². The van der Waals surface area contributed by atoms with Crippen molar-refractivity contribution in [3.8, 4) is 0 Å². The number of methoxy groups -OCH3 is 2. The van der Waals surface area contributed by atoms with Gasteiger partial charge in [-0.2, -0.15) is 0 Å². The highest BCUT2D eigenvalue weighted by Crippen LogP contribution is 2.42. The summed E-state index contributed by atoms with van der Waals surface area (Å²) in [5, 5.41) is 0. The Labute approximate surface area is 215 Å². The normalized spacial score (nSPS) is 15.8. The Bertz CT molecular complexity index is 1210. The first-order valence-electron chi connectivity index (χ1n) is 10.5. The Balaban J connectivity index is 2.03. The van der Waals surface area contributed by atoms with Crippen molar-refractivity contribution in [3.05, 3.63) is 105 Å². The molecule has 0 saturated carbocycles. The van der Waals surface area contributed by atoms with E-state index in [4.69, 9.17) is 9.47 Å². The van der Waals surface area contributed by atoms with Crippen LogP contribution in [0.1, 0.15) is 11.7 Å². The number of carbonyl (C=O) groups excluding carboxylic acids is 2. The maximum Gasteiger partial charge on any atom is 0.355 e. The lowest BCUT2D eigenvalue weighted by Crippen LogP contribution is -2.50. The van der Waals surface area contributed by atoms with Gasteiger partial charge in [0.25, 0.3) is 0 Å². The van der Waals surface area contributed by atoms with Crippen LogP contribution < -0.4 is 9.80 Å². The first-order valence-corrected chi connectivity index (χ1v) is 12.0. The lowest BCUT2D eigenvalue weighted by atomic mass is 9.99. The predicted molar refractivity (Wildman–Crippen MR) is 138 cm³/mol. The van der Waals surface area contributed by atoms with E-state index in [2.05, 4.69) is 36.8 Å². The summed E-state index contributed by atoms with van der Waals surface area (Å²) in [5.74, 6) is -1.20. The van der Waals surface area contributed by atoms with Crippen LogP contribution in [0.25, 0.3) is 0 Å². The van der Waals surface area contributed by atoms with E-state index in [1.165, 1.54) is 14.2 Å². The van der Waals surface area contributed by atoms with Gasteiger partial charge < -0.3 is 19.3 Å². The van der Waals surface area contributed by atoms with E-state index in [9.17, 15) is 9.59 Å². The molecule has 6 nitrogen and oxygen atoms in total. The van der Waals surface area contributed by atoms with E-state index >= 15 is 0 Å². The molecule has 1 atom stereocenters. The van der Waals surface area contributed by atoms with Gasteiger partial charge in [0.05, 0.1) is 26.3 Å². The molecule has 3 aromatic carbocycles. The number of ether oxygens (including phenoxy) is 2. The summed E-state index contributed by atoms with van der Waals surface area (Å²) < 4.78 is 12.1. The molecule has 4 rings (SSSR count). The van der Waals surface area contributed by atoms with Crippen molar-refractivity contribution in [2.75, 3.05) is 30.6 Å². The van der Waals surface area contributed by atoms with Crippen LogP contribution in [-0.2, 0) is 19.1 Å². The third-order valence-electron chi connectivity index (χ3n) is 5.57. The molecule has 1 heterocycles. The number of hydrogen-bond donors (Lipinski definition) is 0. The number of hydrogen-bond acceptors (Lipinski definition) is 6. The van der Waals surface area contributed by atoms with E-state index in [0.29, 0.717) is 0 Å². The molecule has 8 heteroatoms. The van der Waals surface area contributed by atoms with Gasteiger partial charge in [-0.25, -0.2) is 9.59 Å². The zero-order valence-corrected chi connectivity index (χ0v) is 21.7. The molecule has 0 radical (unpaired) electrons. The number of esters is 2. The maximum absolute atomic E-state index is 13.1. The molecule has 0 spiro atoms. The van der Waals surface area contributed by atoms with Crippen LogP contribution in [0.15, 0.2) is 99.1 Å². The number of halogens is 2. The van der Waals surface area contributed by atoms with Crippen molar-refractivity contribution in [2.45, 2.75) is 6.17 Å². The van der Waals surface area contributed by atoms with Crippen molar-refractivity contribution in [1.82, 2.24) is 0 Å². The SMILES string of the molecule is COC(=O)C1=C(C(=O)OC)N(c2ccc(Br)cc2)[C@@H](c2ccccc2)N(c2ccc(Br)cc2)C1. The summed E-state index contributed by atoms with van der Waals surface area (Å²) in [5.41, 5.74) is 2.91. The van der Waals surface area contributed by atoms with E-state index in [0.717, 1.165) is 25.9 Å². The topological polar surface area (TPSA) is 59.1 Å². The Morgan fingerprint density at radius 1 is 0.765 bits per heavy atom. The zero-order chi connectivity index (χ0) is 24.2. The average molecular weight is 586 g/mol. The fraction of sp³-hybridized carbons (Fsp3) is 0.154. The van der Waals surface area contributed by atoms with Gasteiger partial charge in [-0.1, -0.05) is 62.2 Å². The minimum absolute atomic E-state index is 0.152. The summed E-state index contributed by atoms with van der Waals surface area (Å²) >= 11 is 6.97. The van der Waals surface area contributed by atoms with Crippen LogP contribution in [0.2, 0.25) is 0 Å². The largest absolute Gasteiger partial charge is 0.466 e. The number of anilines is 2. The molecular weight excluding hydrogens is 564 g/mol. The van der Waals surface area contributed by atoms with Crippen molar-refractivity contribution < 1.29 is 19.1 Å². The molecule has 0 amide bonds. The standard InChI is InChI=1S/C26H22Br2N2O4/c1-33-25(31)22-16-29(20-12-8-18(27)9-13-20)24(17-6-4-3-5-7-17)30(23(22)26(32)34-2)21-14-10-19(28)11-15-21/h3-15,24H,16H2,1-2H3/t24-/m0/s1. The van der Waals surface area contributed by atoms with Crippen LogP contribution in [0.4, 0.5) is 11.4 Å². The van der Waals surface area contributed by atoms with Crippen LogP contribution in [0.3, 0.4) is 0 Å². The number of carbonyl (C=O) groups is 2. The van der Waals surface area contributed by atoms with Crippen molar-refractivity contribution in [3.63, 3.8) is 0 Å². The first kappa shape index (κ1) is 24.0. The average Bonchev–Trinajstić information content (AvgIpc) is 2.88. The van der Waals surface area contributed by atoms with Gasteiger partial charge in [-0.05, 0) is 54.1 Å². The predicted octanol–water partition coefficient (Wildman–Crippen LogP) is 5.84. The van der Waals surface area contributed by atoms with Gasteiger partial charge >= 0.3 is 11.9 Å². The summed E-state index contributed by atoms with van der Waals surface area (Å²) in [6.45, 7) is 0.158. The molecule has 1 aliphatic rings. The molecule has 0 N–H and O–H groups in total. The lowest BCUT2D eigenvalue weighted by molar-refractivity contribution is -0.139. The molecule has 3 aromatic rings.